The van der Waals surface area contributed by atoms with Gasteiger partial charge >= 0.3 is 0 Å². The van der Waals surface area contributed by atoms with E-state index >= 15 is 0 Å². The van der Waals surface area contributed by atoms with E-state index in [1.54, 1.807) is 0 Å². The summed E-state index contributed by atoms with van der Waals surface area (Å²) >= 11 is 0. The second-order valence-electron chi connectivity index (χ2n) is 3.22. The minimum absolute atomic E-state index is 0.872. The van der Waals surface area contributed by atoms with Crippen LogP contribution in [0.15, 0.2) is 0 Å². The Labute approximate surface area is 64.0 Å². The minimum Gasteiger partial charge on any atom is -0.0891 e. The molecule has 0 nitrogen and oxygen atoms in total. The van der Waals surface area contributed by atoms with Crippen LogP contribution in [0.25, 0.3) is 0 Å². The maximum Gasteiger partial charge on any atom is 0.00990 e. The molecule has 0 heterocycles. The van der Waals surface area contributed by atoms with Gasteiger partial charge in [-0.25, -0.2) is 0 Å². The van der Waals surface area contributed by atoms with Crippen LogP contribution < -0.4 is 0 Å². The Balaban J connectivity index is 1.97. The largest absolute Gasteiger partial charge is 0.0891 e. The second-order valence-corrected chi connectivity index (χ2v) is 3.22. The van der Waals surface area contributed by atoms with Crippen molar-refractivity contribution in [3.63, 3.8) is 0 Å². The van der Waals surface area contributed by atoms with Crippen LogP contribution in [0, 0.1) is 18.3 Å². The molecule has 10 heavy (non-hydrogen) atoms. The van der Waals surface area contributed by atoms with Crippen LogP contribution in [0.2, 0.25) is 0 Å². The van der Waals surface area contributed by atoms with E-state index in [1.165, 1.54) is 38.5 Å². The standard InChI is InChI=1S/C10H15/c1-2-3-4-7-10-8-5-6-9-10/h10H,3-9H2. The van der Waals surface area contributed by atoms with Crippen molar-refractivity contribution < 1.29 is 0 Å². The summed E-state index contributed by atoms with van der Waals surface area (Å²) in [5.74, 6) is 3.44. The Hall–Kier alpha value is -0.440. The second kappa shape index (κ2) is 4.39. The van der Waals surface area contributed by atoms with E-state index in [0.717, 1.165) is 12.3 Å². The third-order valence-corrected chi connectivity index (χ3v) is 2.39. The highest BCUT2D eigenvalue weighted by Crippen LogP contribution is 2.28. The van der Waals surface area contributed by atoms with Crippen molar-refractivity contribution in [1.29, 1.82) is 0 Å². The van der Waals surface area contributed by atoms with Gasteiger partial charge < -0.3 is 0 Å². The third-order valence-electron chi connectivity index (χ3n) is 2.39. The van der Waals surface area contributed by atoms with Gasteiger partial charge in [0.1, 0.15) is 0 Å². The molecule has 1 fully saturated rings. The van der Waals surface area contributed by atoms with E-state index in [-0.39, 0.29) is 0 Å². The van der Waals surface area contributed by atoms with E-state index in [1.807, 2.05) is 0 Å². The Morgan fingerprint density at radius 3 is 2.60 bits per heavy atom. The van der Waals surface area contributed by atoms with Gasteiger partial charge in [-0.05, 0) is 25.2 Å². The Morgan fingerprint density at radius 1 is 1.30 bits per heavy atom. The summed E-state index contributed by atoms with van der Waals surface area (Å²) in [5, 5.41) is 0. The van der Waals surface area contributed by atoms with Crippen LogP contribution in [0.5, 0.6) is 0 Å². The molecule has 0 amide bonds. The van der Waals surface area contributed by atoms with Gasteiger partial charge in [-0.1, -0.05) is 31.6 Å². The fraction of sp³-hybridized carbons (Fsp3) is 0.800. The zero-order valence-corrected chi connectivity index (χ0v) is 6.53. The van der Waals surface area contributed by atoms with Crippen molar-refractivity contribution in [3.8, 4) is 5.92 Å². The highest BCUT2D eigenvalue weighted by Gasteiger charge is 2.13. The van der Waals surface area contributed by atoms with E-state index < -0.39 is 0 Å². The normalized spacial score (nSPS) is 19.1. The highest BCUT2D eigenvalue weighted by molar-refractivity contribution is 4.76. The Bertz CT molecular complexity index is 112. The molecule has 0 aromatic heterocycles. The van der Waals surface area contributed by atoms with Gasteiger partial charge in [0.25, 0.3) is 0 Å². The van der Waals surface area contributed by atoms with E-state index in [2.05, 4.69) is 5.92 Å². The molecule has 0 saturated heterocycles. The van der Waals surface area contributed by atoms with Crippen LogP contribution in [0.1, 0.15) is 44.9 Å². The fourth-order valence-electron chi connectivity index (χ4n) is 1.78. The smallest absolute Gasteiger partial charge is 0.00990 e. The van der Waals surface area contributed by atoms with Gasteiger partial charge in [0.05, 0.1) is 0 Å². The lowest BCUT2D eigenvalue weighted by atomic mass is 10.0. The van der Waals surface area contributed by atoms with Gasteiger partial charge in [-0.3, -0.25) is 0 Å². The maximum absolute atomic E-state index is 6.73. The van der Waals surface area contributed by atoms with E-state index in [4.69, 9.17) is 6.42 Å². The van der Waals surface area contributed by atoms with Gasteiger partial charge in [-0.15, -0.1) is 0 Å². The molecule has 0 aromatic carbocycles. The van der Waals surface area contributed by atoms with E-state index in [9.17, 15) is 0 Å². The van der Waals surface area contributed by atoms with Crippen LogP contribution in [-0.2, 0) is 0 Å². The van der Waals surface area contributed by atoms with Gasteiger partial charge in [0.15, 0.2) is 0 Å². The molecular formula is C10H15. The van der Waals surface area contributed by atoms with Crippen molar-refractivity contribution in [2.75, 3.05) is 0 Å². The predicted molar refractivity (Wildman–Crippen MR) is 42.9 cm³/mol. The molecular weight excluding hydrogens is 120 g/mol. The topological polar surface area (TPSA) is 0 Å². The zero-order chi connectivity index (χ0) is 7.23. The maximum atomic E-state index is 6.73. The van der Waals surface area contributed by atoms with Crippen LogP contribution in [0.3, 0.4) is 0 Å². The number of hydrogen-bond donors (Lipinski definition) is 0. The van der Waals surface area contributed by atoms with Crippen LogP contribution >= 0.6 is 0 Å². The summed E-state index contributed by atoms with van der Waals surface area (Å²) in [4.78, 5) is 0. The summed E-state index contributed by atoms with van der Waals surface area (Å²) in [6.07, 6.45) is 15.9. The summed E-state index contributed by atoms with van der Waals surface area (Å²) in [7, 11) is 0. The van der Waals surface area contributed by atoms with Crippen molar-refractivity contribution in [3.05, 3.63) is 6.42 Å². The van der Waals surface area contributed by atoms with Crippen molar-refractivity contribution in [2.24, 2.45) is 5.92 Å². The molecule has 0 aromatic rings. The molecule has 0 N–H and O–H groups in total. The lowest BCUT2D eigenvalue weighted by Gasteiger charge is -2.05. The summed E-state index contributed by atoms with van der Waals surface area (Å²) in [6, 6.07) is 0. The monoisotopic (exact) mass is 135 g/mol. The Kier molecular flexibility index (Phi) is 3.36. The van der Waals surface area contributed by atoms with Gasteiger partial charge in [0, 0.05) is 6.42 Å². The number of rotatable bonds is 3. The molecule has 1 radical (unpaired) electrons. The SMILES string of the molecule is [C]#CCCCC1CCCC1. The first-order chi connectivity index (χ1) is 4.93. The highest BCUT2D eigenvalue weighted by atomic mass is 14.2. The first kappa shape index (κ1) is 7.66. The fourth-order valence-corrected chi connectivity index (χ4v) is 1.78. The van der Waals surface area contributed by atoms with Crippen LogP contribution in [-0.4, -0.2) is 0 Å². The average molecular weight is 135 g/mol. The zero-order valence-electron chi connectivity index (χ0n) is 6.53. The van der Waals surface area contributed by atoms with Gasteiger partial charge in [-0.2, -0.15) is 0 Å². The summed E-state index contributed by atoms with van der Waals surface area (Å²) < 4.78 is 0. The molecule has 0 heteroatoms. The summed E-state index contributed by atoms with van der Waals surface area (Å²) in [5.41, 5.74) is 0. The minimum atomic E-state index is 0.872. The van der Waals surface area contributed by atoms with E-state index in [0.29, 0.717) is 0 Å². The first-order valence-electron chi connectivity index (χ1n) is 4.33. The van der Waals surface area contributed by atoms with Gasteiger partial charge in [0.2, 0.25) is 0 Å². The van der Waals surface area contributed by atoms with Crippen molar-refractivity contribution in [1.82, 2.24) is 0 Å². The molecule has 1 aliphatic rings. The first-order valence-corrected chi connectivity index (χ1v) is 4.33. The molecule has 1 saturated carbocycles. The average Bonchev–Trinajstić information content (AvgIpc) is 2.41. The number of unbranched alkanes of at least 4 members (excludes halogenated alkanes) is 1. The van der Waals surface area contributed by atoms with Crippen LogP contribution in [0.4, 0.5) is 0 Å². The Morgan fingerprint density at radius 2 is 2.00 bits per heavy atom. The predicted octanol–water partition coefficient (Wildman–Crippen LogP) is 2.94. The lowest BCUT2D eigenvalue weighted by Crippen LogP contribution is -1.91. The van der Waals surface area contributed by atoms with Crippen molar-refractivity contribution >= 4 is 0 Å². The quantitative estimate of drug-likeness (QED) is 0.412. The lowest BCUT2D eigenvalue weighted by molar-refractivity contribution is 0.488. The molecule has 0 spiro atoms. The molecule has 0 unspecified atom stereocenters. The molecule has 1 rings (SSSR count). The molecule has 0 atom stereocenters. The van der Waals surface area contributed by atoms with Crippen molar-refractivity contribution in [2.45, 2.75) is 44.9 Å². The third kappa shape index (κ3) is 2.43. The molecule has 1 aliphatic carbocycles. The summed E-state index contributed by atoms with van der Waals surface area (Å²) in [6.45, 7) is 0. The molecule has 0 bridgehead atoms. The molecule has 55 valence electrons. The molecule has 0 aliphatic heterocycles. The number of hydrogen-bond acceptors (Lipinski definition) is 0.